The molecule has 0 spiro atoms. The molecule has 7 nitrogen and oxygen atoms in total. The van der Waals surface area contributed by atoms with Gasteiger partial charge in [0, 0.05) is 30.1 Å². The highest BCUT2D eigenvalue weighted by atomic mass is 19.1. The van der Waals surface area contributed by atoms with Gasteiger partial charge in [-0.2, -0.15) is 0 Å². The van der Waals surface area contributed by atoms with Gasteiger partial charge in [0.25, 0.3) is 5.91 Å². The number of benzene rings is 2. The van der Waals surface area contributed by atoms with E-state index in [1.807, 2.05) is 0 Å². The number of anilines is 4. The molecule has 0 atom stereocenters. The second kappa shape index (κ2) is 8.05. The monoisotopic (exact) mass is 365 g/mol. The number of nitrogens with zero attached hydrogens (tertiary/aromatic N) is 2. The molecule has 0 radical (unpaired) electrons. The van der Waals surface area contributed by atoms with Gasteiger partial charge in [-0.15, -0.1) is 0 Å². The number of hydrogen-bond donors (Lipinski definition) is 3. The van der Waals surface area contributed by atoms with E-state index in [0.29, 0.717) is 22.9 Å². The van der Waals surface area contributed by atoms with Crippen molar-refractivity contribution in [3.8, 4) is 0 Å². The van der Waals surface area contributed by atoms with Crippen LogP contribution in [0.15, 0.2) is 60.9 Å². The lowest BCUT2D eigenvalue weighted by molar-refractivity contribution is -0.114. The Kier molecular flexibility index (Phi) is 5.36. The number of nitrogens with one attached hydrogen (secondary N) is 3. The second-order valence-electron chi connectivity index (χ2n) is 5.64. The summed E-state index contributed by atoms with van der Waals surface area (Å²) in [5.41, 5.74) is 1.83. The van der Waals surface area contributed by atoms with Gasteiger partial charge in [0.15, 0.2) is 0 Å². The highest BCUT2D eigenvalue weighted by Crippen LogP contribution is 2.17. The molecule has 0 saturated heterocycles. The van der Waals surface area contributed by atoms with Gasteiger partial charge in [-0.25, -0.2) is 14.4 Å². The first-order chi connectivity index (χ1) is 13.0. The van der Waals surface area contributed by atoms with Gasteiger partial charge in [0.05, 0.1) is 0 Å². The number of halogens is 1. The average Bonchev–Trinajstić information content (AvgIpc) is 2.63. The quantitative estimate of drug-likeness (QED) is 0.642. The summed E-state index contributed by atoms with van der Waals surface area (Å²) in [6, 6.07) is 14.0. The van der Waals surface area contributed by atoms with Crippen molar-refractivity contribution in [1.29, 1.82) is 0 Å². The van der Waals surface area contributed by atoms with Gasteiger partial charge >= 0.3 is 0 Å². The number of hydrogen-bond acceptors (Lipinski definition) is 5. The third kappa shape index (κ3) is 5.08. The number of carbonyl (C=O) groups is 2. The Morgan fingerprint density at radius 3 is 2.26 bits per heavy atom. The summed E-state index contributed by atoms with van der Waals surface area (Å²) >= 11 is 0. The third-order valence-electron chi connectivity index (χ3n) is 3.46. The van der Waals surface area contributed by atoms with E-state index in [0.717, 1.165) is 0 Å². The van der Waals surface area contributed by atoms with Crippen LogP contribution in [0, 0.1) is 5.82 Å². The van der Waals surface area contributed by atoms with Crippen LogP contribution in [0.2, 0.25) is 0 Å². The Bertz CT molecular complexity index is 976. The van der Waals surface area contributed by atoms with Crippen LogP contribution in [-0.2, 0) is 4.79 Å². The Labute approximate surface area is 154 Å². The molecule has 136 valence electrons. The predicted molar refractivity (Wildman–Crippen MR) is 100 cm³/mol. The van der Waals surface area contributed by atoms with Crippen molar-refractivity contribution in [2.24, 2.45) is 0 Å². The molecule has 1 heterocycles. The first-order valence-corrected chi connectivity index (χ1v) is 8.03. The zero-order valence-corrected chi connectivity index (χ0v) is 14.4. The Hall–Kier alpha value is -3.81. The molecule has 3 rings (SSSR count). The molecule has 1 aromatic heterocycles. The molecule has 0 bridgehead atoms. The highest BCUT2D eigenvalue weighted by molar-refractivity contribution is 6.03. The number of carbonyl (C=O) groups excluding carboxylic acids is 2. The van der Waals surface area contributed by atoms with Gasteiger partial charge in [-0.3, -0.25) is 9.59 Å². The van der Waals surface area contributed by atoms with Crippen LogP contribution < -0.4 is 16.0 Å². The number of rotatable bonds is 5. The third-order valence-corrected chi connectivity index (χ3v) is 3.46. The van der Waals surface area contributed by atoms with Crippen LogP contribution in [-0.4, -0.2) is 21.8 Å². The molecule has 0 aliphatic carbocycles. The zero-order valence-electron chi connectivity index (χ0n) is 14.4. The summed E-state index contributed by atoms with van der Waals surface area (Å²) in [5, 5.41) is 8.27. The maximum atomic E-state index is 13.3. The van der Waals surface area contributed by atoms with E-state index >= 15 is 0 Å². The maximum Gasteiger partial charge on any atom is 0.274 e. The summed E-state index contributed by atoms with van der Waals surface area (Å²) < 4.78 is 13.3. The minimum absolute atomic E-state index is 0.148. The summed E-state index contributed by atoms with van der Waals surface area (Å²) in [7, 11) is 0. The van der Waals surface area contributed by atoms with Crippen molar-refractivity contribution in [1.82, 2.24) is 9.97 Å². The summed E-state index contributed by atoms with van der Waals surface area (Å²) in [6.07, 6.45) is 1.25. The van der Waals surface area contributed by atoms with Crippen LogP contribution in [0.25, 0.3) is 0 Å². The molecular formula is C19H16FN5O2. The van der Waals surface area contributed by atoms with Crippen LogP contribution in [0.1, 0.15) is 17.4 Å². The van der Waals surface area contributed by atoms with Gasteiger partial charge in [0.2, 0.25) is 5.91 Å². The molecular weight excluding hydrogens is 349 g/mol. The molecule has 0 aliphatic heterocycles. The van der Waals surface area contributed by atoms with Crippen molar-refractivity contribution in [3.63, 3.8) is 0 Å². The topological polar surface area (TPSA) is 96.0 Å². The van der Waals surface area contributed by atoms with Gasteiger partial charge < -0.3 is 16.0 Å². The van der Waals surface area contributed by atoms with Crippen molar-refractivity contribution in [3.05, 3.63) is 72.4 Å². The minimum Gasteiger partial charge on any atom is -0.340 e. The van der Waals surface area contributed by atoms with Crippen LogP contribution >= 0.6 is 0 Å². The first-order valence-electron chi connectivity index (χ1n) is 8.03. The van der Waals surface area contributed by atoms with Crippen LogP contribution in [0.3, 0.4) is 0 Å². The van der Waals surface area contributed by atoms with Crippen LogP contribution in [0.4, 0.5) is 27.3 Å². The minimum atomic E-state index is -0.424. The molecule has 0 unspecified atom stereocenters. The van der Waals surface area contributed by atoms with Crippen molar-refractivity contribution in [2.45, 2.75) is 6.92 Å². The number of amides is 2. The van der Waals surface area contributed by atoms with E-state index in [9.17, 15) is 14.0 Å². The van der Waals surface area contributed by atoms with E-state index in [-0.39, 0.29) is 17.4 Å². The van der Waals surface area contributed by atoms with Gasteiger partial charge in [-0.1, -0.05) is 6.07 Å². The smallest absolute Gasteiger partial charge is 0.274 e. The molecule has 2 amide bonds. The standard InChI is InChI=1S/C19H16FN5O2/c1-12(26)23-14-5-7-15(8-6-14)25-19(27)17-10-18(22-11-21-17)24-16-4-2-3-13(20)9-16/h2-11H,1H3,(H,23,26)(H,25,27)(H,21,22,24). The molecule has 3 N–H and O–H groups in total. The molecule has 0 aliphatic rings. The normalized spacial score (nSPS) is 10.1. The Morgan fingerprint density at radius 1 is 0.889 bits per heavy atom. The van der Waals surface area contributed by atoms with E-state index < -0.39 is 5.91 Å². The fraction of sp³-hybridized carbons (Fsp3) is 0.0526. The Balaban J connectivity index is 1.69. The zero-order chi connectivity index (χ0) is 19.2. The van der Waals surface area contributed by atoms with Gasteiger partial charge in [0.1, 0.15) is 23.7 Å². The van der Waals surface area contributed by atoms with Crippen molar-refractivity contribution >= 4 is 34.7 Å². The van der Waals surface area contributed by atoms with E-state index in [1.165, 1.54) is 31.5 Å². The SMILES string of the molecule is CC(=O)Nc1ccc(NC(=O)c2cc(Nc3cccc(F)c3)ncn2)cc1. The molecule has 8 heteroatoms. The molecule has 3 aromatic rings. The fourth-order valence-corrected chi connectivity index (χ4v) is 2.30. The molecule has 27 heavy (non-hydrogen) atoms. The lowest BCUT2D eigenvalue weighted by Gasteiger charge is -2.08. The van der Waals surface area contributed by atoms with E-state index in [1.54, 1.807) is 36.4 Å². The number of aromatic nitrogens is 2. The maximum absolute atomic E-state index is 13.3. The van der Waals surface area contributed by atoms with Crippen molar-refractivity contribution < 1.29 is 14.0 Å². The van der Waals surface area contributed by atoms with E-state index in [2.05, 4.69) is 25.9 Å². The highest BCUT2D eigenvalue weighted by Gasteiger charge is 2.10. The molecule has 0 fully saturated rings. The largest absolute Gasteiger partial charge is 0.340 e. The van der Waals surface area contributed by atoms with E-state index in [4.69, 9.17) is 0 Å². The summed E-state index contributed by atoms with van der Waals surface area (Å²) in [4.78, 5) is 31.4. The average molecular weight is 365 g/mol. The fourth-order valence-electron chi connectivity index (χ4n) is 2.30. The van der Waals surface area contributed by atoms with Crippen molar-refractivity contribution in [2.75, 3.05) is 16.0 Å². The van der Waals surface area contributed by atoms with Gasteiger partial charge in [-0.05, 0) is 42.5 Å². The Morgan fingerprint density at radius 2 is 1.59 bits per heavy atom. The first kappa shape index (κ1) is 18.0. The summed E-state index contributed by atoms with van der Waals surface area (Å²) in [6.45, 7) is 1.42. The molecule has 0 saturated carbocycles. The molecule has 2 aromatic carbocycles. The lowest BCUT2D eigenvalue weighted by Crippen LogP contribution is -2.14. The van der Waals surface area contributed by atoms with Crippen LogP contribution in [0.5, 0.6) is 0 Å². The predicted octanol–water partition coefficient (Wildman–Crippen LogP) is 3.57. The lowest BCUT2D eigenvalue weighted by atomic mass is 10.2. The second-order valence-corrected chi connectivity index (χ2v) is 5.64. The summed E-state index contributed by atoms with van der Waals surface area (Å²) in [5.74, 6) is -0.616.